The van der Waals surface area contributed by atoms with Crippen LogP contribution in [-0.2, 0) is 4.74 Å². The molecule has 0 amide bonds. The molecule has 0 unspecified atom stereocenters. The predicted molar refractivity (Wildman–Crippen MR) is 28.1 cm³/mol. The Bertz CT molecular complexity index is 87.7. The van der Waals surface area contributed by atoms with Gasteiger partial charge >= 0.3 is 0 Å². The van der Waals surface area contributed by atoms with E-state index in [1.165, 1.54) is 13.2 Å². The molecule has 0 aliphatic rings. The van der Waals surface area contributed by atoms with Gasteiger partial charge in [0.15, 0.2) is 5.88 Å². The molecule has 0 aromatic rings. The van der Waals surface area contributed by atoms with Crippen LogP contribution in [0.1, 0.15) is 0 Å². The van der Waals surface area contributed by atoms with Crippen molar-refractivity contribution in [2.75, 3.05) is 7.11 Å². The average Bonchev–Trinajstić information content (AvgIpc) is 1.68. The van der Waals surface area contributed by atoms with Gasteiger partial charge in [-0.25, -0.2) is 0 Å². The molecule has 40 valence electrons. The van der Waals surface area contributed by atoms with E-state index in [1.807, 2.05) is 0 Å². The lowest BCUT2D eigenvalue weighted by Crippen LogP contribution is -1.98. The smallest absolute Gasteiger partial charge is 0.185 e. The first-order valence-corrected chi connectivity index (χ1v) is 1.81. The van der Waals surface area contributed by atoms with Crippen molar-refractivity contribution in [2.24, 2.45) is 5.73 Å². The Labute approximate surface area is 42.3 Å². The summed E-state index contributed by atoms with van der Waals surface area (Å²) >= 11 is 0. The van der Waals surface area contributed by atoms with Crippen LogP contribution < -0.4 is 5.73 Å². The van der Waals surface area contributed by atoms with Gasteiger partial charge in [-0.05, 0) is 0 Å². The number of nitrogens with two attached hydrogens (primary N) is 1. The van der Waals surface area contributed by atoms with Gasteiger partial charge in [0.05, 0.1) is 7.11 Å². The summed E-state index contributed by atoms with van der Waals surface area (Å²) in [5, 5.41) is 6.48. The second-order valence-corrected chi connectivity index (χ2v) is 0.940. The van der Waals surface area contributed by atoms with Crippen molar-refractivity contribution >= 4 is 6.21 Å². The van der Waals surface area contributed by atoms with Gasteiger partial charge < -0.3 is 15.9 Å². The minimum Gasteiger partial charge on any atom is -0.483 e. The average molecular weight is 100 g/mol. The number of hydrogen-bond acceptors (Lipinski definition) is 3. The van der Waals surface area contributed by atoms with E-state index in [4.69, 9.17) is 11.1 Å². The Morgan fingerprint density at radius 3 is 2.57 bits per heavy atom. The Kier molecular flexibility index (Phi) is 2.76. The zero-order valence-corrected chi connectivity index (χ0v) is 4.14. The quantitative estimate of drug-likeness (QED) is 0.381. The highest BCUT2D eigenvalue weighted by molar-refractivity contribution is 5.67. The van der Waals surface area contributed by atoms with E-state index in [0.29, 0.717) is 0 Å². The maximum absolute atomic E-state index is 6.48. The molecule has 0 radical (unpaired) electrons. The van der Waals surface area contributed by atoms with Crippen LogP contribution in [0.3, 0.4) is 0 Å². The predicted octanol–water partition coefficient (Wildman–Crippen LogP) is 0.0825. The first-order valence-electron chi connectivity index (χ1n) is 1.81. The third kappa shape index (κ3) is 2.82. The zero-order valence-electron chi connectivity index (χ0n) is 4.14. The van der Waals surface area contributed by atoms with Gasteiger partial charge in [0, 0.05) is 12.3 Å². The van der Waals surface area contributed by atoms with Crippen molar-refractivity contribution in [3.63, 3.8) is 0 Å². The highest BCUT2D eigenvalue weighted by Gasteiger charge is 1.75. The van der Waals surface area contributed by atoms with Gasteiger partial charge in [0.2, 0.25) is 0 Å². The topological polar surface area (TPSA) is 59.1 Å². The summed E-state index contributed by atoms with van der Waals surface area (Å²) in [6, 6.07) is 0. The Hall–Kier alpha value is -0.990. The summed E-state index contributed by atoms with van der Waals surface area (Å²) in [6.45, 7) is 0. The van der Waals surface area contributed by atoms with Crippen LogP contribution >= 0.6 is 0 Å². The number of ether oxygens (including phenoxy) is 1. The minimum absolute atomic E-state index is 0.259. The first kappa shape index (κ1) is 6.01. The molecule has 0 bridgehead atoms. The molecule has 0 atom stereocenters. The van der Waals surface area contributed by atoms with Crippen LogP contribution in [0, 0.1) is 5.41 Å². The maximum Gasteiger partial charge on any atom is 0.185 e. The van der Waals surface area contributed by atoms with Gasteiger partial charge in [-0.1, -0.05) is 0 Å². The molecule has 0 heterocycles. The lowest BCUT2D eigenvalue weighted by Gasteiger charge is -1.91. The number of hydrogen-bond donors (Lipinski definition) is 2. The van der Waals surface area contributed by atoms with Crippen molar-refractivity contribution in [3.8, 4) is 0 Å². The van der Waals surface area contributed by atoms with E-state index in [2.05, 4.69) is 4.74 Å². The van der Waals surface area contributed by atoms with Gasteiger partial charge in [-0.2, -0.15) is 0 Å². The molecule has 0 saturated carbocycles. The Morgan fingerprint density at radius 2 is 2.43 bits per heavy atom. The van der Waals surface area contributed by atoms with E-state index in [9.17, 15) is 0 Å². The third-order valence-electron chi connectivity index (χ3n) is 0.483. The van der Waals surface area contributed by atoms with E-state index < -0.39 is 0 Å². The monoisotopic (exact) mass is 100 g/mol. The molecule has 3 heteroatoms. The first-order chi connectivity index (χ1) is 3.31. The number of rotatable bonds is 2. The molecular formula is C4H8N2O. The molecule has 0 fully saturated rings. The van der Waals surface area contributed by atoms with Crippen LogP contribution in [0.25, 0.3) is 0 Å². The van der Waals surface area contributed by atoms with Crippen molar-refractivity contribution in [1.29, 1.82) is 5.41 Å². The molecule has 0 aromatic carbocycles. The normalized spacial score (nSPS) is 10.7. The molecule has 0 aliphatic heterocycles. The fraction of sp³-hybridized carbons (Fsp3) is 0.250. The summed E-state index contributed by atoms with van der Waals surface area (Å²) in [7, 11) is 1.45. The molecule has 7 heavy (non-hydrogen) atoms. The summed E-state index contributed by atoms with van der Waals surface area (Å²) in [4.78, 5) is 0. The van der Waals surface area contributed by atoms with Gasteiger partial charge in [0.1, 0.15) is 0 Å². The standard InChI is InChI=1S/C4H8N2O/c1-7-4(6)2-3-5/h2-3,5H,6H2,1H3. The van der Waals surface area contributed by atoms with Crippen molar-refractivity contribution in [2.45, 2.75) is 0 Å². The molecule has 0 spiro atoms. The molecule has 3 nitrogen and oxygen atoms in total. The molecule has 0 aliphatic carbocycles. The number of methoxy groups -OCH3 is 1. The van der Waals surface area contributed by atoms with Crippen LogP contribution in [0.5, 0.6) is 0 Å². The van der Waals surface area contributed by atoms with Gasteiger partial charge in [-0.15, -0.1) is 0 Å². The number of allylic oxidation sites excluding steroid dienone is 1. The van der Waals surface area contributed by atoms with Crippen molar-refractivity contribution in [1.82, 2.24) is 0 Å². The van der Waals surface area contributed by atoms with Crippen LogP contribution in [0.15, 0.2) is 12.0 Å². The highest BCUT2D eigenvalue weighted by Crippen LogP contribution is 1.76. The number of nitrogens with one attached hydrogen (secondary N) is 1. The lowest BCUT2D eigenvalue weighted by atomic mass is 10.6. The molecule has 3 N–H and O–H groups in total. The maximum atomic E-state index is 6.48. The van der Waals surface area contributed by atoms with Crippen molar-refractivity contribution < 1.29 is 4.74 Å². The van der Waals surface area contributed by atoms with Crippen LogP contribution in [0.2, 0.25) is 0 Å². The fourth-order valence-electron chi connectivity index (χ4n) is 0.150. The SMILES string of the molecule is COC(N)=CC=N. The summed E-state index contributed by atoms with van der Waals surface area (Å²) in [6.07, 6.45) is 2.43. The molecule has 0 rings (SSSR count). The van der Waals surface area contributed by atoms with Gasteiger partial charge in [0.25, 0.3) is 0 Å². The Morgan fingerprint density at radius 1 is 1.86 bits per heavy atom. The largest absolute Gasteiger partial charge is 0.483 e. The lowest BCUT2D eigenvalue weighted by molar-refractivity contribution is 0.288. The second-order valence-electron chi connectivity index (χ2n) is 0.940. The van der Waals surface area contributed by atoms with E-state index in [0.717, 1.165) is 6.21 Å². The third-order valence-corrected chi connectivity index (χ3v) is 0.483. The van der Waals surface area contributed by atoms with E-state index in [1.54, 1.807) is 0 Å². The minimum atomic E-state index is 0.259. The molecular weight excluding hydrogens is 92.1 g/mol. The summed E-state index contributed by atoms with van der Waals surface area (Å²) in [5.41, 5.74) is 5.07. The Balaban J connectivity index is 3.49. The summed E-state index contributed by atoms with van der Waals surface area (Å²) in [5.74, 6) is 0.259. The highest BCUT2D eigenvalue weighted by atomic mass is 16.5. The van der Waals surface area contributed by atoms with Gasteiger partial charge in [-0.3, -0.25) is 0 Å². The van der Waals surface area contributed by atoms with Crippen LogP contribution in [-0.4, -0.2) is 13.3 Å². The molecule has 0 aromatic heterocycles. The van der Waals surface area contributed by atoms with E-state index >= 15 is 0 Å². The van der Waals surface area contributed by atoms with Crippen molar-refractivity contribution in [3.05, 3.63) is 12.0 Å². The van der Waals surface area contributed by atoms with E-state index in [-0.39, 0.29) is 5.88 Å². The second kappa shape index (κ2) is 3.21. The zero-order chi connectivity index (χ0) is 5.70. The van der Waals surface area contributed by atoms with Crippen LogP contribution in [0.4, 0.5) is 0 Å². The summed E-state index contributed by atoms with van der Waals surface area (Å²) < 4.78 is 4.48. The fourth-order valence-corrected chi connectivity index (χ4v) is 0.150. The molecule has 0 saturated heterocycles.